The van der Waals surface area contributed by atoms with E-state index >= 15 is 0 Å². The Labute approximate surface area is 128 Å². The number of nitrogens with zero attached hydrogens (tertiary/aromatic N) is 1. The number of carboxylic acids is 1. The van der Waals surface area contributed by atoms with Crippen LogP contribution in [0.25, 0.3) is 0 Å². The van der Waals surface area contributed by atoms with E-state index in [9.17, 15) is 18.0 Å². The Morgan fingerprint density at radius 2 is 1.86 bits per heavy atom. The average molecular weight is 331 g/mol. The molecule has 0 aliphatic heterocycles. The first-order chi connectivity index (χ1) is 10.2. The Kier molecular flexibility index (Phi) is 6.32. The molecule has 0 saturated heterocycles. The molecule has 1 rings (SSSR count). The summed E-state index contributed by atoms with van der Waals surface area (Å²) in [7, 11) is -2.62. The smallest absolute Gasteiger partial charge is 0.410 e. The van der Waals surface area contributed by atoms with Crippen LogP contribution in [0.2, 0.25) is 0 Å². The molecule has 0 radical (unpaired) electrons. The van der Waals surface area contributed by atoms with Crippen LogP contribution in [0.15, 0.2) is 30.3 Å². The molecule has 0 fully saturated rings. The molecule has 8 nitrogen and oxygen atoms in total. The molecular weight excluding hydrogens is 314 g/mol. The molecule has 0 heterocycles. The van der Waals surface area contributed by atoms with Crippen LogP contribution in [-0.2, 0) is 30.4 Å². The number of likely N-dealkylation sites (N-methyl/N-ethyl adjacent to an activating group) is 1. The highest BCUT2D eigenvalue weighted by Gasteiger charge is 2.29. The average Bonchev–Trinajstić information content (AvgIpc) is 2.44. The molecule has 0 aliphatic carbocycles. The number of carboxylic acid groups (broad SMARTS) is 1. The van der Waals surface area contributed by atoms with Crippen molar-refractivity contribution < 1.29 is 32.0 Å². The van der Waals surface area contributed by atoms with Crippen LogP contribution < -0.4 is 0 Å². The van der Waals surface area contributed by atoms with E-state index in [-0.39, 0.29) is 6.61 Å². The van der Waals surface area contributed by atoms with Crippen molar-refractivity contribution in [1.29, 1.82) is 0 Å². The molecular formula is C13H17NO7S. The van der Waals surface area contributed by atoms with Crippen molar-refractivity contribution in [2.24, 2.45) is 0 Å². The minimum atomic E-state index is -3.81. The standard InChI is InChI=1S/C13H17NO7S/c1-14(11(12(15)16)9-21-22(2,18)19)13(17)20-8-10-6-4-3-5-7-10/h3-7,11H,8-9H2,1-2H3,(H,15,16)/t11-/m0/s1. The lowest BCUT2D eigenvalue weighted by atomic mass is 10.2. The van der Waals surface area contributed by atoms with Gasteiger partial charge < -0.3 is 9.84 Å². The molecule has 0 saturated carbocycles. The molecule has 0 bridgehead atoms. The molecule has 1 N–H and O–H groups in total. The van der Waals surface area contributed by atoms with Gasteiger partial charge in [0.1, 0.15) is 6.61 Å². The largest absolute Gasteiger partial charge is 0.480 e. The van der Waals surface area contributed by atoms with Gasteiger partial charge >= 0.3 is 12.1 Å². The highest BCUT2D eigenvalue weighted by molar-refractivity contribution is 7.85. The lowest BCUT2D eigenvalue weighted by Crippen LogP contribution is -2.45. The van der Waals surface area contributed by atoms with E-state index in [1.54, 1.807) is 30.3 Å². The maximum Gasteiger partial charge on any atom is 0.410 e. The third kappa shape index (κ3) is 6.10. The number of aliphatic carboxylic acids is 1. The number of ether oxygens (including phenoxy) is 1. The number of hydrogen-bond donors (Lipinski definition) is 1. The molecule has 1 atom stereocenters. The van der Waals surface area contributed by atoms with Crippen molar-refractivity contribution in [3.8, 4) is 0 Å². The summed E-state index contributed by atoms with van der Waals surface area (Å²) in [5, 5.41) is 9.05. The molecule has 1 aromatic carbocycles. The summed E-state index contributed by atoms with van der Waals surface area (Å²) in [6.07, 6.45) is -0.104. The normalized spacial score (nSPS) is 12.5. The van der Waals surface area contributed by atoms with Gasteiger partial charge in [0.2, 0.25) is 0 Å². The summed E-state index contributed by atoms with van der Waals surface area (Å²) < 4.78 is 31.2. The number of hydrogen-bond acceptors (Lipinski definition) is 6. The molecule has 1 aromatic rings. The first kappa shape index (κ1) is 17.9. The molecule has 9 heteroatoms. The van der Waals surface area contributed by atoms with Gasteiger partial charge in [-0.1, -0.05) is 30.3 Å². The van der Waals surface area contributed by atoms with Crippen LogP contribution >= 0.6 is 0 Å². The minimum absolute atomic E-state index is 0.0245. The van der Waals surface area contributed by atoms with E-state index < -0.39 is 34.8 Å². The Morgan fingerprint density at radius 1 is 1.27 bits per heavy atom. The second kappa shape index (κ2) is 7.76. The van der Waals surface area contributed by atoms with Gasteiger partial charge in [-0.15, -0.1) is 0 Å². The molecule has 122 valence electrons. The minimum Gasteiger partial charge on any atom is -0.480 e. The Hall–Kier alpha value is -2.13. The zero-order valence-corrected chi connectivity index (χ0v) is 12.9. The van der Waals surface area contributed by atoms with E-state index in [1.165, 1.54) is 7.05 Å². The molecule has 0 aromatic heterocycles. The quantitative estimate of drug-likeness (QED) is 0.732. The Balaban J connectivity index is 2.62. The molecule has 22 heavy (non-hydrogen) atoms. The molecule has 0 unspecified atom stereocenters. The van der Waals surface area contributed by atoms with Gasteiger partial charge in [0.05, 0.1) is 12.9 Å². The van der Waals surface area contributed by atoms with Gasteiger partial charge in [-0.3, -0.25) is 9.08 Å². The van der Waals surface area contributed by atoms with Crippen LogP contribution in [0, 0.1) is 0 Å². The topological polar surface area (TPSA) is 110 Å². The van der Waals surface area contributed by atoms with Gasteiger partial charge in [-0.05, 0) is 5.56 Å². The van der Waals surface area contributed by atoms with Crippen molar-refractivity contribution in [2.45, 2.75) is 12.6 Å². The first-order valence-corrected chi connectivity index (χ1v) is 8.03. The third-order valence-electron chi connectivity index (χ3n) is 2.69. The van der Waals surface area contributed by atoms with E-state index in [0.717, 1.165) is 16.7 Å². The lowest BCUT2D eigenvalue weighted by Gasteiger charge is -2.23. The number of rotatable bonds is 7. The van der Waals surface area contributed by atoms with Crippen LogP contribution in [-0.4, -0.2) is 56.4 Å². The number of carbonyl (C=O) groups excluding carboxylic acids is 1. The van der Waals surface area contributed by atoms with Crippen LogP contribution in [0.3, 0.4) is 0 Å². The number of amides is 1. The zero-order chi connectivity index (χ0) is 16.8. The van der Waals surface area contributed by atoms with E-state index in [1.807, 2.05) is 0 Å². The van der Waals surface area contributed by atoms with Crippen molar-refractivity contribution in [2.75, 3.05) is 19.9 Å². The fourth-order valence-electron chi connectivity index (χ4n) is 1.49. The fourth-order valence-corrected chi connectivity index (χ4v) is 1.86. The predicted octanol–water partition coefficient (Wildman–Crippen LogP) is 0.684. The van der Waals surface area contributed by atoms with Crippen molar-refractivity contribution in [3.05, 3.63) is 35.9 Å². The fraction of sp³-hybridized carbons (Fsp3) is 0.385. The second-order valence-electron chi connectivity index (χ2n) is 4.49. The lowest BCUT2D eigenvalue weighted by molar-refractivity contribution is -0.143. The predicted molar refractivity (Wildman–Crippen MR) is 76.6 cm³/mol. The van der Waals surface area contributed by atoms with Gasteiger partial charge in [-0.2, -0.15) is 8.42 Å². The van der Waals surface area contributed by atoms with Crippen molar-refractivity contribution >= 4 is 22.2 Å². The Bertz CT molecular complexity index is 615. The molecule has 0 spiro atoms. The summed E-state index contributed by atoms with van der Waals surface area (Å²) >= 11 is 0. The summed E-state index contributed by atoms with van der Waals surface area (Å²) in [6.45, 7) is -0.714. The summed E-state index contributed by atoms with van der Waals surface area (Å²) in [5.74, 6) is -1.40. The summed E-state index contributed by atoms with van der Waals surface area (Å²) in [4.78, 5) is 23.7. The molecule has 1 amide bonds. The van der Waals surface area contributed by atoms with Crippen molar-refractivity contribution in [3.63, 3.8) is 0 Å². The SMILES string of the molecule is CN(C(=O)OCc1ccccc1)[C@@H](COS(C)(=O)=O)C(=O)O. The Morgan fingerprint density at radius 3 is 2.36 bits per heavy atom. The number of benzene rings is 1. The second-order valence-corrected chi connectivity index (χ2v) is 6.14. The van der Waals surface area contributed by atoms with Crippen LogP contribution in [0.5, 0.6) is 0 Å². The summed E-state index contributed by atoms with van der Waals surface area (Å²) in [5.41, 5.74) is 0.739. The summed E-state index contributed by atoms with van der Waals surface area (Å²) in [6, 6.07) is 7.36. The van der Waals surface area contributed by atoms with Gasteiger partial charge in [0, 0.05) is 7.05 Å². The first-order valence-electron chi connectivity index (χ1n) is 6.21. The molecule has 0 aliphatic rings. The van der Waals surface area contributed by atoms with E-state index in [2.05, 4.69) is 4.18 Å². The van der Waals surface area contributed by atoms with Crippen LogP contribution in [0.4, 0.5) is 4.79 Å². The number of carbonyl (C=O) groups is 2. The monoisotopic (exact) mass is 331 g/mol. The van der Waals surface area contributed by atoms with Crippen LogP contribution in [0.1, 0.15) is 5.56 Å². The van der Waals surface area contributed by atoms with E-state index in [4.69, 9.17) is 9.84 Å². The third-order valence-corrected chi connectivity index (χ3v) is 3.25. The highest BCUT2D eigenvalue weighted by atomic mass is 32.2. The maximum absolute atomic E-state index is 11.8. The van der Waals surface area contributed by atoms with Gasteiger partial charge in [0.25, 0.3) is 10.1 Å². The van der Waals surface area contributed by atoms with E-state index in [0.29, 0.717) is 0 Å². The highest BCUT2D eigenvalue weighted by Crippen LogP contribution is 2.06. The van der Waals surface area contributed by atoms with Gasteiger partial charge in [-0.25, -0.2) is 9.59 Å². The maximum atomic E-state index is 11.8. The van der Waals surface area contributed by atoms with Gasteiger partial charge in [0.15, 0.2) is 6.04 Å². The zero-order valence-electron chi connectivity index (χ0n) is 12.1. The van der Waals surface area contributed by atoms with Crippen molar-refractivity contribution in [1.82, 2.24) is 4.90 Å².